The zero-order valence-electron chi connectivity index (χ0n) is 9.78. The normalized spacial score (nSPS) is 14.5. The van der Waals surface area contributed by atoms with Gasteiger partial charge in [0, 0.05) is 35.8 Å². The molecule has 3 rings (SSSR count). The van der Waals surface area contributed by atoms with Crippen LogP contribution in [0.3, 0.4) is 0 Å². The maximum absolute atomic E-state index is 6.08. The first-order chi connectivity index (χ1) is 8.15. The Bertz CT molecular complexity index is 570. The summed E-state index contributed by atoms with van der Waals surface area (Å²) in [6, 6.07) is 8.48. The van der Waals surface area contributed by atoms with Crippen molar-refractivity contribution >= 4 is 11.6 Å². The van der Waals surface area contributed by atoms with E-state index in [1.165, 1.54) is 22.4 Å². The molecule has 1 aliphatic carbocycles. The number of rotatable bonds is 2. The van der Waals surface area contributed by atoms with Crippen molar-refractivity contribution in [1.29, 1.82) is 0 Å². The minimum Gasteiger partial charge on any atom is -0.346 e. The van der Waals surface area contributed by atoms with E-state index in [0.29, 0.717) is 0 Å². The highest BCUT2D eigenvalue weighted by Crippen LogP contribution is 2.38. The highest BCUT2D eigenvalue weighted by Gasteiger charge is 2.22. The van der Waals surface area contributed by atoms with Crippen molar-refractivity contribution in [2.75, 3.05) is 0 Å². The first-order valence-corrected chi connectivity index (χ1v) is 6.25. The average Bonchev–Trinajstić information content (AvgIpc) is 2.78. The molecule has 3 heteroatoms. The predicted octanol–water partition coefficient (Wildman–Crippen LogP) is 3.06. The molecule has 0 saturated heterocycles. The van der Waals surface area contributed by atoms with E-state index < -0.39 is 0 Å². The molecule has 0 radical (unpaired) electrons. The van der Waals surface area contributed by atoms with Gasteiger partial charge in [0.1, 0.15) is 0 Å². The van der Waals surface area contributed by atoms with E-state index in [0.717, 1.165) is 18.0 Å². The van der Waals surface area contributed by atoms with Gasteiger partial charge in [-0.15, -0.1) is 0 Å². The van der Waals surface area contributed by atoms with Gasteiger partial charge < -0.3 is 10.3 Å². The van der Waals surface area contributed by atoms with Crippen LogP contribution in [0.25, 0.3) is 11.3 Å². The molecule has 0 amide bonds. The zero-order valence-corrected chi connectivity index (χ0v) is 10.5. The van der Waals surface area contributed by atoms with Crippen molar-refractivity contribution < 1.29 is 0 Å². The Morgan fingerprint density at radius 2 is 2.18 bits per heavy atom. The van der Waals surface area contributed by atoms with Gasteiger partial charge >= 0.3 is 0 Å². The van der Waals surface area contributed by atoms with Crippen LogP contribution in [-0.2, 0) is 13.0 Å². The lowest BCUT2D eigenvalue weighted by atomic mass is 10.1. The van der Waals surface area contributed by atoms with E-state index in [9.17, 15) is 0 Å². The van der Waals surface area contributed by atoms with E-state index >= 15 is 0 Å². The summed E-state index contributed by atoms with van der Waals surface area (Å²) in [6.07, 6.45) is 3.13. The van der Waals surface area contributed by atoms with Crippen LogP contribution >= 0.6 is 11.6 Å². The molecule has 1 heterocycles. The smallest absolute Gasteiger partial charge is 0.0520 e. The van der Waals surface area contributed by atoms with Crippen LogP contribution in [-0.4, -0.2) is 10.6 Å². The number of hydrogen-bond donors (Lipinski definition) is 1. The minimum absolute atomic E-state index is 0.162. The van der Waals surface area contributed by atoms with Crippen LogP contribution in [0, 0.1) is 0 Å². The lowest BCUT2D eigenvalue weighted by molar-refractivity contribution is 0.596. The van der Waals surface area contributed by atoms with Crippen molar-refractivity contribution in [2.45, 2.75) is 25.9 Å². The summed E-state index contributed by atoms with van der Waals surface area (Å²) in [4.78, 5) is 0. The molecule has 1 aromatic heterocycles. The summed E-state index contributed by atoms with van der Waals surface area (Å²) in [5.41, 5.74) is 11.2. The van der Waals surface area contributed by atoms with Gasteiger partial charge in [0.15, 0.2) is 0 Å². The number of nitrogens with two attached hydrogens (primary N) is 1. The Labute approximate surface area is 106 Å². The third-order valence-electron chi connectivity index (χ3n) is 3.24. The van der Waals surface area contributed by atoms with Crippen molar-refractivity contribution in [1.82, 2.24) is 4.57 Å². The summed E-state index contributed by atoms with van der Waals surface area (Å²) in [5.74, 6) is 0. The summed E-state index contributed by atoms with van der Waals surface area (Å²) in [6.45, 7) is 2.88. The Morgan fingerprint density at radius 1 is 1.35 bits per heavy atom. The molecule has 2 N–H and O–H groups in total. The number of hydrogen-bond acceptors (Lipinski definition) is 1. The van der Waals surface area contributed by atoms with E-state index in [4.69, 9.17) is 17.3 Å². The average molecular weight is 247 g/mol. The van der Waals surface area contributed by atoms with Gasteiger partial charge in [-0.1, -0.05) is 17.7 Å². The number of halogens is 1. The van der Waals surface area contributed by atoms with Crippen molar-refractivity contribution in [3.05, 3.63) is 46.6 Å². The van der Waals surface area contributed by atoms with Crippen LogP contribution in [0.4, 0.5) is 0 Å². The Kier molecular flexibility index (Phi) is 2.49. The van der Waals surface area contributed by atoms with Crippen molar-refractivity contribution in [3.8, 4) is 11.3 Å². The third kappa shape index (κ3) is 1.78. The molecule has 0 saturated carbocycles. The quantitative estimate of drug-likeness (QED) is 0.740. The molecule has 0 fully saturated rings. The fourth-order valence-electron chi connectivity index (χ4n) is 2.58. The molecule has 2 nitrogen and oxygen atoms in total. The van der Waals surface area contributed by atoms with Crippen LogP contribution in [0.1, 0.15) is 18.1 Å². The molecular formula is C14H15ClN2. The first-order valence-electron chi connectivity index (χ1n) is 5.87. The summed E-state index contributed by atoms with van der Waals surface area (Å²) in [7, 11) is 0. The zero-order chi connectivity index (χ0) is 12.0. The van der Waals surface area contributed by atoms with Gasteiger partial charge in [-0.05, 0) is 36.2 Å². The summed E-state index contributed by atoms with van der Waals surface area (Å²) in [5, 5.41) is 0.796. The largest absolute Gasteiger partial charge is 0.346 e. The summed E-state index contributed by atoms with van der Waals surface area (Å²) >= 11 is 6.08. The Hall–Kier alpha value is -1.25. The van der Waals surface area contributed by atoms with Crippen LogP contribution in [0.2, 0.25) is 5.02 Å². The number of aromatic nitrogens is 1. The minimum atomic E-state index is 0.162. The molecule has 17 heavy (non-hydrogen) atoms. The maximum atomic E-state index is 6.08. The molecule has 1 aromatic carbocycles. The van der Waals surface area contributed by atoms with E-state index in [1.807, 2.05) is 13.0 Å². The monoisotopic (exact) mass is 246 g/mol. The van der Waals surface area contributed by atoms with Crippen LogP contribution in [0.5, 0.6) is 0 Å². The molecule has 0 bridgehead atoms. The topological polar surface area (TPSA) is 30.9 Å². The fourth-order valence-corrected chi connectivity index (χ4v) is 2.75. The third-order valence-corrected chi connectivity index (χ3v) is 3.47. The molecule has 1 aliphatic rings. The van der Waals surface area contributed by atoms with E-state index in [2.05, 4.69) is 29.0 Å². The van der Waals surface area contributed by atoms with Gasteiger partial charge in [-0.2, -0.15) is 0 Å². The molecule has 88 valence electrons. The second-order valence-electron chi connectivity index (χ2n) is 4.80. The highest BCUT2D eigenvalue weighted by molar-refractivity contribution is 6.30. The Morgan fingerprint density at radius 3 is 2.94 bits per heavy atom. The number of benzene rings is 1. The van der Waals surface area contributed by atoms with E-state index in [-0.39, 0.29) is 6.04 Å². The van der Waals surface area contributed by atoms with Crippen molar-refractivity contribution in [2.24, 2.45) is 5.73 Å². The first kappa shape index (κ1) is 10.9. The standard InChI is InChI=1S/C14H15ClN2/c1-9(16)8-17-5-4-11-6-10-2-3-12(15)7-13(10)14(11)17/h2-5,7,9H,6,8,16H2,1H3/t9-/m0/s1. The molecule has 0 unspecified atom stereocenters. The van der Waals surface area contributed by atoms with E-state index in [1.54, 1.807) is 0 Å². The summed E-state index contributed by atoms with van der Waals surface area (Å²) < 4.78 is 2.24. The SMILES string of the molecule is C[C@H](N)Cn1ccc2c1-c1cc(Cl)ccc1C2. The predicted molar refractivity (Wildman–Crippen MR) is 71.3 cm³/mol. The van der Waals surface area contributed by atoms with Gasteiger partial charge in [0.2, 0.25) is 0 Å². The lowest BCUT2D eigenvalue weighted by Gasteiger charge is -2.11. The molecule has 2 aromatic rings. The second-order valence-corrected chi connectivity index (χ2v) is 5.23. The van der Waals surface area contributed by atoms with Gasteiger partial charge in [-0.25, -0.2) is 0 Å². The van der Waals surface area contributed by atoms with Gasteiger partial charge in [-0.3, -0.25) is 0 Å². The molecule has 1 atom stereocenters. The second kappa shape index (κ2) is 3.90. The van der Waals surface area contributed by atoms with Crippen LogP contribution < -0.4 is 5.73 Å². The maximum Gasteiger partial charge on any atom is 0.0520 e. The molecule has 0 aliphatic heterocycles. The number of fused-ring (bicyclic) bond motifs is 3. The number of nitrogens with zero attached hydrogens (tertiary/aromatic N) is 1. The fraction of sp³-hybridized carbons (Fsp3) is 0.286. The molecule has 0 spiro atoms. The van der Waals surface area contributed by atoms with Gasteiger partial charge in [0.05, 0.1) is 5.69 Å². The molecular weight excluding hydrogens is 232 g/mol. The highest BCUT2D eigenvalue weighted by atomic mass is 35.5. The van der Waals surface area contributed by atoms with Crippen molar-refractivity contribution in [3.63, 3.8) is 0 Å². The lowest BCUT2D eigenvalue weighted by Crippen LogP contribution is -2.22. The Balaban J connectivity index is 2.12. The van der Waals surface area contributed by atoms with Crippen LogP contribution in [0.15, 0.2) is 30.5 Å². The van der Waals surface area contributed by atoms with Gasteiger partial charge in [0.25, 0.3) is 0 Å².